The Bertz CT molecular complexity index is 1150. The number of hydrogen-bond donors (Lipinski definition) is 2. The molecule has 0 saturated carbocycles. The molecular weight excluding hydrogens is 420 g/mol. The SMILES string of the molecule is CC[C@@H](NC(=O)c1cccc(NS(=O)(=O)c2ccc(Cl)cc2)c1)c1ccccc1C. The Morgan fingerprint density at radius 1 is 1.00 bits per heavy atom. The summed E-state index contributed by atoms with van der Waals surface area (Å²) in [6.07, 6.45) is 0.736. The van der Waals surface area contributed by atoms with Crippen molar-refractivity contribution in [2.75, 3.05) is 4.72 Å². The van der Waals surface area contributed by atoms with Crippen molar-refractivity contribution in [3.63, 3.8) is 0 Å². The second kappa shape index (κ2) is 9.32. The van der Waals surface area contributed by atoms with E-state index in [1.54, 1.807) is 18.2 Å². The van der Waals surface area contributed by atoms with Crippen LogP contribution >= 0.6 is 11.6 Å². The van der Waals surface area contributed by atoms with Crippen LogP contribution in [0, 0.1) is 6.92 Å². The lowest BCUT2D eigenvalue weighted by Crippen LogP contribution is -2.28. The maximum atomic E-state index is 12.8. The van der Waals surface area contributed by atoms with E-state index in [0.717, 1.165) is 17.5 Å². The van der Waals surface area contributed by atoms with Gasteiger partial charge >= 0.3 is 0 Å². The third kappa shape index (κ3) is 5.20. The quantitative estimate of drug-likeness (QED) is 0.519. The Kier molecular flexibility index (Phi) is 6.80. The average molecular weight is 443 g/mol. The minimum Gasteiger partial charge on any atom is -0.345 e. The molecule has 2 N–H and O–H groups in total. The van der Waals surface area contributed by atoms with E-state index in [0.29, 0.717) is 16.3 Å². The third-order valence-corrected chi connectivity index (χ3v) is 6.43. The lowest BCUT2D eigenvalue weighted by molar-refractivity contribution is 0.0935. The molecule has 7 heteroatoms. The van der Waals surface area contributed by atoms with Gasteiger partial charge in [-0.15, -0.1) is 0 Å². The van der Waals surface area contributed by atoms with Gasteiger partial charge in [0, 0.05) is 16.3 Å². The first-order valence-electron chi connectivity index (χ1n) is 9.55. The lowest BCUT2D eigenvalue weighted by Gasteiger charge is -2.20. The van der Waals surface area contributed by atoms with Gasteiger partial charge in [-0.3, -0.25) is 9.52 Å². The molecule has 0 radical (unpaired) electrons. The molecule has 3 aromatic carbocycles. The number of benzene rings is 3. The molecule has 0 spiro atoms. The highest BCUT2D eigenvalue weighted by Crippen LogP contribution is 2.22. The lowest BCUT2D eigenvalue weighted by atomic mass is 9.99. The van der Waals surface area contributed by atoms with E-state index in [-0.39, 0.29) is 16.8 Å². The van der Waals surface area contributed by atoms with Gasteiger partial charge in [-0.05, 0) is 66.9 Å². The molecule has 30 heavy (non-hydrogen) atoms. The number of carbonyl (C=O) groups excluding carboxylic acids is 1. The summed E-state index contributed by atoms with van der Waals surface area (Å²) in [4.78, 5) is 12.9. The third-order valence-electron chi connectivity index (χ3n) is 4.78. The minimum atomic E-state index is -3.79. The predicted octanol–water partition coefficient (Wildman–Crippen LogP) is 5.33. The molecule has 0 aromatic heterocycles. The Hall–Kier alpha value is -2.83. The topological polar surface area (TPSA) is 75.3 Å². The number of anilines is 1. The second-order valence-electron chi connectivity index (χ2n) is 6.93. The molecular formula is C23H23ClN2O3S. The number of rotatable bonds is 7. The molecule has 1 atom stereocenters. The monoisotopic (exact) mass is 442 g/mol. The van der Waals surface area contributed by atoms with Gasteiger partial charge in [0.2, 0.25) is 0 Å². The fraction of sp³-hybridized carbons (Fsp3) is 0.174. The Labute approximate surface area is 182 Å². The summed E-state index contributed by atoms with van der Waals surface area (Å²) < 4.78 is 27.7. The van der Waals surface area contributed by atoms with Crippen LogP contribution in [-0.4, -0.2) is 14.3 Å². The molecule has 156 valence electrons. The maximum absolute atomic E-state index is 12.8. The molecule has 0 aliphatic rings. The van der Waals surface area contributed by atoms with Gasteiger partial charge in [-0.1, -0.05) is 48.9 Å². The van der Waals surface area contributed by atoms with Gasteiger partial charge in [-0.2, -0.15) is 0 Å². The first kappa shape index (κ1) is 21.9. The van der Waals surface area contributed by atoms with E-state index in [1.165, 1.54) is 30.3 Å². The number of nitrogens with one attached hydrogen (secondary N) is 2. The fourth-order valence-electron chi connectivity index (χ4n) is 3.17. The highest BCUT2D eigenvalue weighted by atomic mass is 35.5. The van der Waals surface area contributed by atoms with Crippen molar-refractivity contribution in [3.05, 3.63) is 94.5 Å². The molecule has 3 aromatic rings. The van der Waals surface area contributed by atoms with Crippen LogP contribution in [0.25, 0.3) is 0 Å². The zero-order chi connectivity index (χ0) is 21.7. The zero-order valence-electron chi connectivity index (χ0n) is 16.7. The zero-order valence-corrected chi connectivity index (χ0v) is 18.3. The van der Waals surface area contributed by atoms with E-state index in [2.05, 4.69) is 10.0 Å². The van der Waals surface area contributed by atoms with Gasteiger partial charge in [0.25, 0.3) is 15.9 Å². The first-order valence-corrected chi connectivity index (χ1v) is 11.4. The largest absolute Gasteiger partial charge is 0.345 e. The molecule has 0 fully saturated rings. The number of hydrogen-bond acceptors (Lipinski definition) is 3. The summed E-state index contributed by atoms with van der Waals surface area (Å²) in [6, 6.07) is 20.1. The predicted molar refractivity (Wildman–Crippen MR) is 120 cm³/mol. The van der Waals surface area contributed by atoms with Crippen LogP contribution in [0.2, 0.25) is 5.02 Å². The van der Waals surface area contributed by atoms with Gasteiger partial charge in [-0.25, -0.2) is 8.42 Å². The van der Waals surface area contributed by atoms with Crippen molar-refractivity contribution in [2.45, 2.75) is 31.2 Å². The van der Waals surface area contributed by atoms with Crippen LogP contribution in [-0.2, 0) is 10.0 Å². The minimum absolute atomic E-state index is 0.0901. The molecule has 0 heterocycles. The summed E-state index contributed by atoms with van der Waals surface area (Å²) in [5.41, 5.74) is 2.85. The summed E-state index contributed by atoms with van der Waals surface area (Å²) in [5.74, 6) is -0.266. The van der Waals surface area contributed by atoms with E-state index in [1.807, 2.05) is 38.1 Å². The molecule has 0 unspecified atom stereocenters. The Balaban J connectivity index is 1.78. The Morgan fingerprint density at radius 2 is 1.70 bits per heavy atom. The highest BCUT2D eigenvalue weighted by Gasteiger charge is 2.18. The van der Waals surface area contributed by atoms with Crippen LogP contribution in [0.3, 0.4) is 0 Å². The smallest absolute Gasteiger partial charge is 0.261 e. The molecule has 5 nitrogen and oxygen atoms in total. The normalized spacial score (nSPS) is 12.2. The van der Waals surface area contributed by atoms with Crippen molar-refractivity contribution in [2.24, 2.45) is 0 Å². The fourth-order valence-corrected chi connectivity index (χ4v) is 4.35. The summed E-state index contributed by atoms with van der Waals surface area (Å²) in [6.45, 7) is 4.02. The van der Waals surface area contributed by atoms with E-state index in [4.69, 9.17) is 11.6 Å². The maximum Gasteiger partial charge on any atom is 0.261 e. The van der Waals surface area contributed by atoms with Crippen LogP contribution in [0.1, 0.15) is 40.9 Å². The molecule has 0 aliphatic carbocycles. The van der Waals surface area contributed by atoms with Crippen LogP contribution in [0.15, 0.2) is 77.7 Å². The number of carbonyl (C=O) groups is 1. The van der Waals surface area contributed by atoms with E-state index in [9.17, 15) is 13.2 Å². The van der Waals surface area contributed by atoms with Crippen molar-refractivity contribution in [1.29, 1.82) is 0 Å². The van der Waals surface area contributed by atoms with E-state index < -0.39 is 10.0 Å². The van der Waals surface area contributed by atoms with Crippen LogP contribution in [0.5, 0.6) is 0 Å². The van der Waals surface area contributed by atoms with Crippen LogP contribution < -0.4 is 10.0 Å². The van der Waals surface area contributed by atoms with E-state index >= 15 is 0 Å². The number of amides is 1. The van der Waals surface area contributed by atoms with Crippen molar-refractivity contribution in [3.8, 4) is 0 Å². The van der Waals surface area contributed by atoms with Gasteiger partial charge in [0.1, 0.15) is 0 Å². The first-order chi connectivity index (χ1) is 14.3. The van der Waals surface area contributed by atoms with Crippen LogP contribution in [0.4, 0.5) is 5.69 Å². The Morgan fingerprint density at radius 3 is 2.37 bits per heavy atom. The van der Waals surface area contributed by atoms with Gasteiger partial charge < -0.3 is 5.32 Å². The van der Waals surface area contributed by atoms with Gasteiger partial charge in [0.15, 0.2) is 0 Å². The molecule has 1 amide bonds. The number of halogens is 1. The molecule has 0 saturated heterocycles. The molecule has 0 bridgehead atoms. The number of sulfonamides is 1. The van der Waals surface area contributed by atoms with Crippen molar-refractivity contribution in [1.82, 2.24) is 5.32 Å². The summed E-state index contributed by atoms with van der Waals surface area (Å²) in [7, 11) is -3.79. The second-order valence-corrected chi connectivity index (χ2v) is 9.05. The average Bonchev–Trinajstić information content (AvgIpc) is 2.72. The standard InChI is InChI=1S/C23H23ClN2O3S/c1-3-22(21-10-5-4-7-16(21)2)25-23(27)17-8-6-9-19(15-17)26-30(28,29)20-13-11-18(24)12-14-20/h4-15,22,26H,3H2,1-2H3,(H,25,27)/t22-/m1/s1. The highest BCUT2D eigenvalue weighted by molar-refractivity contribution is 7.92. The summed E-state index contributed by atoms with van der Waals surface area (Å²) >= 11 is 5.83. The van der Waals surface area contributed by atoms with Crippen molar-refractivity contribution < 1.29 is 13.2 Å². The van der Waals surface area contributed by atoms with Crippen molar-refractivity contribution >= 4 is 33.2 Å². The molecule has 3 rings (SSSR count). The summed E-state index contributed by atoms with van der Waals surface area (Å²) in [5, 5.41) is 3.49. The molecule has 0 aliphatic heterocycles. The number of aryl methyl sites for hydroxylation is 1. The van der Waals surface area contributed by atoms with Gasteiger partial charge in [0.05, 0.1) is 10.9 Å².